The van der Waals surface area contributed by atoms with Gasteiger partial charge in [-0.3, -0.25) is 4.90 Å². The Bertz CT molecular complexity index is 282. The van der Waals surface area contributed by atoms with E-state index < -0.39 is 0 Å². The van der Waals surface area contributed by atoms with Crippen molar-refractivity contribution in [1.29, 1.82) is 0 Å². The van der Waals surface area contributed by atoms with Gasteiger partial charge in [-0.25, -0.2) is 0 Å². The second kappa shape index (κ2) is 6.11. The summed E-state index contributed by atoms with van der Waals surface area (Å²) in [6.45, 7) is 3.31. The van der Waals surface area contributed by atoms with Crippen molar-refractivity contribution in [2.24, 2.45) is 0 Å². The van der Waals surface area contributed by atoms with Gasteiger partial charge in [0.05, 0.1) is 6.10 Å². The lowest BCUT2D eigenvalue weighted by Crippen LogP contribution is -2.56. The Morgan fingerprint density at radius 1 is 1.00 bits per heavy atom. The highest BCUT2D eigenvalue weighted by atomic mass is 16.3. The molecule has 1 saturated carbocycles. The summed E-state index contributed by atoms with van der Waals surface area (Å²) in [5.74, 6) is 0. The minimum atomic E-state index is -0.0683. The second-order valence-corrected chi connectivity index (χ2v) is 6.83. The Hall–Kier alpha value is -0.120. The molecular weight excluding hydrogens is 236 g/mol. The molecule has 2 N–H and O–H groups in total. The van der Waals surface area contributed by atoms with Crippen molar-refractivity contribution >= 4 is 0 Å². The van der Waals surface area contributed by atoms with E-state index in [4.69, 9.17) is 0 Å². The molecule has 4 unspecified atom stereocenters. The van der Waals surface area contributed by atoms with Gasteiger partial charge in [0.25, 0.3) is 0 Å². The van der Waals surface area contributed by atoms with E-state index in [0.29, 0.717) is 6.04 Å². The second-order valence-electron chi connectivity index (χ2n) is 6.83. The highest BCUT2D eigenvalue weighted by Crippen LogP contribution is 2.40. The van der Waals surface area contributed by atoms with E-state index in [2.05, 4.69) is 17.1 Å². The van der Waals surface area contributed by atoms with Crippen LogP contribution in [0.4, 0.5) is 0 Å². The van der Waals surface area contributed by atoms with Crippen molar-refractivity contribution in [3.63, 3.8) is 0 Å². The Kier molecular flexibility index (Phi) is 4.45. The molecule has 2 saturated heterocycles. The number of rotatable bonds is 3. The van der Waals surface area contributed by atoms with Crippen molar-refractivity contribution in [1.82, 2.24) is 10.2 Å². The molecule has 1 aliphatic carbocycles. The molecular formula is C16H30N2O. The zero-order valence-corrected chi connectivity index (χ0v) is 12.4. The Balaban J connectivity index is 1.68. The molecule has 3 rings (SSSR count). The van der Waals surface area contributed by atoms with Crippen LogP contribution in [-0.4, -0.2) is 46.8 Å². The first-order valence-corrected chi connectivity index (χ1v) is 8.48. The number of hydrogen-bond acceptors (Lipinski definition) is 3. The topological polar surface area (TPSA) is 35.5 Å². The molecule has 2 bridgehead atoms. The van der Waals surface area contributed by atoms with Gasteiger partial charge in [0.2, 0.25) is 0 Å². The first-order chi connectivity index (χ1) is 9.29. The van der Waals surface area contributed by atoms with Crippen LogP contribution in [0, 0.1) is 0 Å². The standard InChI is InChI=1S/C16H30N2O/c1-2-17-12-10-13-8-9-14(11-12)18(13)15-6-4-3-5-7-16(15)19/h12-17,19H,2-11H2,1H3. The summed E-state index contributed by atoms with van der Waals surface area (Å²) in [5, 5.41) is 14.1. The average Bonchev–Trinajstić information content (AvgIpc) is 2.57. The minimum Gasteiger partial charge on any atom is -0.391 e. The van der Waals surface area contributed by atoms with Gasteiger partial charge in [-0.15, -0.1) is 0 Å². The quantitative estimate of drug-likeness (QED) is 0.769. The molecule has 0 aromatic rings. The summed E-state index contributed by atoms with van der Waals surface area (Å²) in [6, 6.07) is 2.66. The van der Waals surface area contributed by atoms with Crippen LogP contribution in [0.1, 0.15) is 64.7 Å². The zero-order chi connectivity index (χ0) is 13.2. The van der Waals surface area contributed by atoms with Crippen LogP contribution in [0.15, 0.2) is 0 Å². The summed E-state index contributed by atoms with van der Waals surface area (Å²) < 4.78 is 0. The first-order valence-electron chi connectivity index (χ1n) is 8.48. The van der Waals surface area contributed by atoms with Gasteiger partial charge in [-0.1, -0.05) is 26.2 Å². The van der Waals surface area contributed by atoms with E-state index in [1.54, 1.807) is 0 Å². The lowest BCUT2D eigenvalue weighted by molar-refractivity contribution is -0.00769. The van der Waals surface area contributed by atoms with Crippen molar-refractivity contribution in [3.05, 3.63) is 0 Å². The maximum absolute atomic E-state index is 10.5. The largest absolute Gasteiger partial charge is 0.391 e. The lowest BCUT2D eigenvalue weighted by Gasteiger charge is -2.45. The molecule has 2 heterocycles. The van der Waals surface area contributed by atoms with Crippen molar-refractivity contribution in [2.45, 2.75) is 95.0 Å². The van der Waals surface area contributed by atoms with Crippen LogP contribution in [0.5, 0.6) is 0 Å². The number of aliphatic hydroxyl groups excluding tert-OH is 1. The smallest absolute Gasteiger partial charge is 0.0695 e. The summed E-state index contributed by atoms with van der Waals surface area (Å²) in [4.78, 5) is 2.74. The monoisotopic (exact) mass is 266 g/mol. The Morgan fingerprint density at radius 2 is 1.68 bits per heavy atom. The van der Waals surface area contributed by atoms with Crippen LogP contribution >= 0.6 is 0 Å². The Morgan fingerprint density at radius 3 is 2.37 bits per heavy atom. The molecule has 3 heteroatoms. The highest BCUT2D eigenvalue weighted by Gasteiger charge is 2.45. The highest BCUT2D eigenvalue weighted by molar-refractivity contribution is 5.01. The lowest BCUT2D eigenvalue weighted by atomic mass is 9.92. The first kappa shape index (κ1) is 13.8. The summed E-state index contributed by atoms with van der Waals surface area (Å²) in [7, 11) is 0. The fraction of sp³-hybridized carbons (Fsp3) is 1.00. The van der Waals surface area contributed by atoms with Crippen LogP contribution in [0.25, 0.3) is 0 Å². The molecule has 0 radical (unpaired) electrons. The van der Waals surface area contributed by atoms with Crippen LogP contribution in [-0.2, 0) is 0 Å². The third-order valence-electron chi connectivity index (χ3n) is 5.61. The molecule has 0 spiro atoms. The molecule has 4 atom stereocenters. The van der Waals surface area contributed by atoms with E-state index >= 15 is 0 Å². The molecule has 19 heavy (non-hydrogen) atoms. The van der Waals surface area contributed by atoms with E-state index in [9.17, 15) is 5.11 Å². The number of hydrogen-bond donors (Lipinski definition) is 2. The average molecular weight is 266 g/mol. The van der Waals surface area contributed by atoms with Crippen molar-refractivity contribution in [2.75, 3.05) is 6.54 Å². The summed E-state index contributed by atoms with van der Waals surface area (Å²) >= 11 is 0. The number of nitrogens with zero attached hydrogens (tertiary/aromatic N) is 1. The van der Waals surface area contributed by atoms with E-state index in [1.807, 2.05) is 0 Å². The van der Waals surface area contributed by atoms with Gasteiger partial charge in [-0.2, -0.15) is 0 Å². The maximum Gasteiger partial charge on any atom is 0.0695 e. The number of fused-ring (bicyclic) bond motifs is 2. The Labute approximate surface area is 117 Å². The summed E-state index contributed by atoms with van der Waals surface area (Å²) in [6.07, 6.45) is 11.3. The van der Waals surface area contributed by atoms with Gasteiger partial charge in [0.15, 0.2) is 0 Å². The van der Waals surface area contributed by atoms with Crippen molar-refractivity contribution in [3.8, 4) is 0 Å². The van der Waals surface area contributed by atoms with Gasteiger partial charge in [0, 0.05) is 24.2 Å². The number of nitrogens with one attached hydrogen (secondary N) is 1. The minimum absolute atomic E-state index is 0.0683. The van der Waals surface area contributed by atoms with E-state index in [0.717, 1.165) is 31.1 Å². The molecule has 2 aliphatic heterocycles. The predicted molar refractivity (Wildman–Crippen MR) is 78.2 cm³/mol. The van der Waals surface area contributed by atoms with E-state index in [1.165, 1.54) is 51.4 Å². The normalized spacial score (nSPS) is 44.2. The molecule has 3 nitrogen and oxygen atoms in total. The summed E-state index contributed by atoms with van der Waals surface area (Å²) in [5.41, 5.74) is 0. The molecule has 110 valence electrons. The number of piperidine rings is 1. The fourth-order valence-corrected chi connectivity index (χ4v) is 4.83. The SMILES string of the molecule is CCNC1CC2CCC(C1)N2C1CCCCCC1O. The predicted octanol–water partition coefficient (Wildman–Crippen LogP) is 2.28. The molecule has 0 aromatic carbocycles. The molecule has 0 amide bonds. The number of aliphatic hydroxyl groups is 1. The maximum atomic E-state index is 10.5. The van der Waals surface area contributed by atoms with Crippen molar-refractivity contribution < 1.29 is 5.11 Å². The van der Waals surface area contributed by atoms with E-state index in [-0.39, 0.29) is 6.10 Å². The van der Waals surface area contributed by atoms with Crippen LogP contribution in [0.3, 0.4) is 0 Å². The molecule has 3 fully saturated rings. The zero-order valence-electron chi connectivity index (χ0n) is 12.4. The third-order valence-corrected chi connectivity index (χ3v) is 5.61. The van der Waals surface area contributed by atoms with Gasteiger partial charge in [-0.05, 0) is 45.1 Å². The van der Waals surface area contributed by atoms with Gasteiger partial charge in [0.1, 0.15) is 0 Å². The third kappa shape index (κ3) is 2.84. The van der Waals surface area contributed by atoms with Crippen LogP contribution < -0.4 is 5.32 Å². The van der Waals surface area contributed by atoms with Gasteiger partial charge < -0.3 is 10.4 Å². The van der Waals surface area contributed by atoms with Crippen LogP contribution in [0.2, 0.25) is 0 Å². The van der Waals surface area contributed by atoms with Gasteiger partial charge >= 0.3 is 0 Å². The molecule has 3 aliphatic rings. The fourth-order valence-electron chi connectivity index (χ4n) is 4.83. The molecule has 0 aromatic heterocycles.